The number of hydrogen-bond acceptors (Lipinski definition) is 6. The summed E-state index contributed by atoms with van der Waals surface area (Å²) in [4.78, 5) is 21.0. The summed E-state index contributed by atoms with van der Waals surface area (Å²) in [5.74, 6) is -0.237. The van der Waals surface area contributed by atoms with Gasteiger partial charge < -0.3 is 15.2 Å². The number of nitro benzene ring substituents is 1. The smallest absolute Gasteiger partial charge is 0.413 e. The first-order valence-corrected chi connectivity index (χ1v) is 5.57. The molecule has 102 valence electrons. The molecule has 3 N–H and O–H groups in total. The molecule has 19 heavy (non-hydrogen) atoms. The maximum atomic E-state index is 11.1. The van der Waals surface area contributed by atoms with Gasteiger partial charge in [0.05, 0.1) is 17.2 Å². The first kappa shape index (κ1) is 14.6. The van der Waals surface area contributed by atoms with Crippen LogP contribution in [0.5, 0.6) is 5.75 Å². The third-order valence-corrected chi connectivity index (χ3v) is 2.13. The predicted octanol–water partition coefficient (Wildman–Crippen LogP) is 1.74. The Morgan fingerprint density at radius 1 is 1.58 bits per heavy atom. The SMILES string of the molecule is CCOC(=O)NC(=S)Nc1cc([N+](=O)[O-])ccc1O. The largest absolute Gasteiger partial charge is 0.506 e. The van der Waals surface area contributed by atoms with E-state index in [0.29, 0.717) is 0 Å². The van der Waals surface area contributed by atoms with Gasteiger partial charge in [-0.3, -0.25) is 15.4 Å². The molecule has 0 saturated carbocycles. The van der Waals surface area contributed by atoms with E-state index >= 15 is 0 Å². The molecule has 0 bridgehead atoms. The number of anilines is 1. The summed E-state index contributed by atoms with van der Waals surface area (Å²) in [7, 11) is 0. The Morgan fingerprint density at radius 2 is 2.26 bits per heavy atom. The van der Waals surface area contributed by atoms with Crippen LogP contribution in [0.4, 0.5) is 16.2 Å². The Balaban J connectivity index is 2.76. The van der Waals surface area contributed by atoms with E-state index in [0.717, 1.165) is 18.2 Å². The number of carbonyl (C=O) groups excluding carboxylic acids is 1. The molecular weight excluding hydrogens is 274 g/mol. The molecule has 0 atom stereocenters. The maximum Gasteiger partial charge on any atom is 0.413 e. The molecule has 0 aliphatic carbocycles. The lowest BCUT2D eigenvalue weighted by atomic mass is 10.2. The van der Waals surface area contributed by atoms with E-state index in [-0.39, 0.29) is 28.8 Å². The molecule has 0 radical (unpaired) electrons. The molecule has 0 saturated heterocycles. The number of thiocarbonyl (C=S) groups is 1. The number of phenols is 1. The third-order valence-electron chi connectivity index (χ3n) is 1.93. The van der Waals surface area contributed by atoms with E-state index in [4.69, 9.17) is 12.2 Å². The third kappa shape index (κ3) is 4.39. The lowest BCUT2D eigenvalue weighted by molar-refractivity contribution is -0.384. The normalized spacial score (nSPS) is 9.53. The predicted molar refractivity (Wildman–Crippen MR) is 71.1 cm³/mol. The van der Waals surface area contributed by atoms with Crippen LogP contribution in [0.1, 0.15) is 6.92 Å². The van der Waals surface area contributed by atoms with Gasteiger partial charge in [-0.1, -0.05) is 0 Å². The van der Waals surface area contributed by atoms with Crippen LogP contribution in [0, 0.1) is 10.1 Å². The van der Waals surface area contributed by atoms with E-state index in [2.05, 4.69) is 15.4 Å². The molecule has 1 aromatic rings. The van der Waals surface area contributed by atoms with Crippen LogP contribution in [-0.4, -0.2) is 27.8 Å². The number of alkyl carbamates (subject to hydrolysis) is 1. The van der Waals surface area contributed by atoms with Crippen LogP contribution >= 0.6 is 12.2 Å². The van der Waals surface area contributed by atoms with E-state index in [1.165, 1.54) is 0 Å². The Hall–Kier alpha value is -2.42. The molecule has 1 rings (SSSR count). The molecule has 1 aromatic carbocycles. The zero-order valence-electron chi connectivity index (χ0n) is 9.87. The number of nitrogens with zero attached hydrogens (tertiary/aromatic N) is 1. The van der Waals surface area contributed by atoms with E-state index < -0.39 is 11.0 Å². The van der Waals surface area contributed by atoms with Gasteiger partial charge in [0, 0.05) is 12.1 Å². The number of hydrogen-bond donors (Lipinski definition) is 3. The Morgan fingerprint density at radius 3 is 2.84 bits per heavy atom. The van der Waals surface area contributed by atoms with E-state index in [1.807, 2.05) is 0 Å². The molecule has 9 heteroatoms. The van der Waals surface area contributed by atoms with Crippen molar-refractivity contribution in [3.05, 3.63) is 28.3 Å². The second-order valence-electron chi connectivity index (χ2n) is 3.26. The zero-order valence-corrected chi connectivity index (χ0v) is 10.7. The number of phenolic OH excluding ortho intramolecular Hbond substituents is 1. The Labute approximate surface area is 113 Å². The number of ether oxygens (including phenoxy) is 1. The van der Waals surface area contributed by atoms with Crippen molar-refractivity contribution in [3.8, 4) is 5.75 Å². The minimum atomic E-state index is -0.759. The average Bonchev–Trinajstić information content (AvgIpc) is 2.31. The van der Waals surface area contributed by atoms with Gasteiger partial charge in [0.25, 0.3) is 5.69 Å². The number of nitrogens with one attached hydrogen (secondary N) is 2. The van der Waals surface area contributed by atoms with E-state index in [9.17, 15) is 20.0 Å². The summed E-state index contributed by atoms with van der Waals surface area (Å²) in [5, 5.41) is 24.6. The van der Waals surface area contributed by atoms with Crippen molar-refractivity contribution in [1.82, 2.24) is 5.32 Å². The highest BCUT2D eigenvalue weighted by molar-refractivity contribution is 7.80. The van der Waals surface area contributed by atoms with Gasteiger partial charge in [-0.05, 0) is 25.2 Å². The van der Waals surface area contributed by atoms with Gasteiger partial charge in [-0.2, -0.15) is 0 Å². The van der Waals surface area contributed by atoms with Gasteiger partial charge in [-0.15, -0.1) is 0 Å². The highest BCUT2D eigenvalue weighted by Gasteiger charge is 2.12. The standard InChI is InChI=1S/C10H11N3O5S/c1-2-18-10(15)12-9(19)11-7-5-6(13(16)17)3-4-8(7)14/h3-5,14H,2H2,1H3,(H2,11,12,15,19). The first-order chi connectivity index (χ1) is 8.93. The van der Waals surface area contributed by atoms with Crippen molar-refractivity contribution in [3.63, 3.8) is 0 Å². The molecule has 0 spiro atoms. The van der Waals surface area contributed by atoms with Gasteiger partial charge in [-0.25, -0.2) is 4.79 Å². The van der Waals surface area contributed by atoms with Crippen molar-refractivity contribution in [2.75, 3.05) is 11.9 Å². The number of nitro groups is 1. The van der Waals surface area contributed by atoms with Crippen molar-refractivity contribution in [2.24, 2.45) is 0 Å². The quantitative estimate of drug-likeness (QED) is 0.335. The minimum absolute atomic E-state index is 0.0102. The lowest BCUT2D eigenvalue weighted by Gasteiger charge is -2.10. The van der Waals surface area contributed by atoms with Gasteiger partial charge >= 0.3 is 6.09 Å². The molecule has 8 nitrogen and oxygen atoms in total. The van der Waals surface area contributed by atoms with Crippen molar-refractivity contribution >= 4 is 34.8 Å². The second kappa shape index (κ2) is 6.50. The molecule has 0 unspecified atom stereocenters. The summed E-state index contributed by atoms with van der Waals surface area (Å²) in [6.45, 7) is 1.80. The van der Waals surface area contributed by atoms with Crippen LogP contribution in [-0.2, 0) is 4.74 Å². The van der Waals surface area contributed by atoms with Crippen molar-refractivity contribution in [1.29, 1.82) is 0 Å². The topological polar surface area (TPSA) is 114 Å². The molecule has 0 aliphatic rings. The van der Waals surface area contributed by atoms with Gasteiger partial charge in [0.15, 0.2) is 5.11 Å². The number of rotatable bonds is 3. The fourth-order valence-electron chi connectivity index (χ4n) is 1.15. The zero-order chi connectivity index (χ0) is 14.4. The molecule has 1 amide bonds. The van der Waals surface area contributed by atoms with Gasteiger partial charge in [0.2, 0.25) is 0 Å². The molecular formula is C10H11N3O5S. The Kier molecular flexibility index (Phi) is 5.01. The van der Waals surface area contributed by atoms with Crippen LogP contribution in [0.25, 0.3) is 0 Å². The maximum absolute atomic E-state index is 11.1. The fraction of sp³-hybridized carbons (Fsp3) is 0.200. The summed E-state index contributed by atoms with van der Waals surface area (Å²) >= 11 is 4.79. The highest BCUT2D eigenvalue weighted by Crippen LogP contribution is 2.27. The van der Waals surface area contributed by atoms with Crippen LogP contribution in [0.2, 0.25) is 0 Å². The second-order valence-corrected chi connectivity index (χ2v) is 3.67. The molecule has 0 fully saturated rings. The van der Waals surface area contributed by atoms with Crippen molar-refractivity contribution < 1.29 is 19.6 Å². The summed E-state index contributed by atoms with van der Waals surface area (Å²) in [6, 6.07) is 3.38. The van der Waals surface area contributed by atoms with E-state index in [1.54, 1.807) is 6.92 Å². The fourth-order valence-corrected chi connectivity index (χ4v) is 1.34. The number of amides is 1. The van der Waals surface area contributed by atoms with Gasteiger partial charge in [0.1, 0.15) is 5.75 Å². The lowest BCUT2D eigenvalue weighted by Crippen LogP contribution is -2.34. The molecule has 0 aromatic heterocycles. The first-order valence-electron chi connectivity index (χ1n) is 5.16. The number of carbonyl (C=O) groups is 1. The number of non-ortho nitro benzene ring substituents is 1. The molecule has 0 heterocycles. The summed E-state index contributed by atoms with van der Waals surface area (Å²) in [6.07, 6.45) is -0.759. The monoisotopic (exact) mass is 285 g/mol. The number of aromatic hydroxyl groups is 1. The summed E-state index contributed by atoms with van der Waals surface area (Å²) < 4.78 is 4.59. The number of benzene rings is 1. The van der Waals surface area contributed by atoms with Crippen LogP contribution in [0.15, 0.2) is 18.2 Å². The minimum Gasteiger partial charge on any atom is -0.506 e. The average molecular weight is 285 g/mol. The molecule has 0 aliphatic heterocycles. The van der Waals surface area contributed by atoms with Crippen LogP contribution in [0.3, 0.4) is 0 Å². The Bertz CT molecular complexity index is 520. The highest BCUT2D eigenvalue weighted by atomic mass is 32.1. The summed E-state index contributed by atoms with van der Waals surface area (Å²) in [5.41, 5.74) is -0.213. The van der Waals surface area contributed by atoms with Crippen LogP contribution < -0.4 is 10.6 Å². The van der Waals surface area contributed by atoms with Crippen molar-refractivity contribution in [2.45, 2.75) is 6.92 Å².